The van der Waals surface area contributed by atoms with Gasteiger partial charge in [0.15, 0.2) is 0 Å². The number of hydrogen-bond acceptors (Lipinski definition) is 3. The third-order valence-electron chi connectivity index (χ3n) is 3.64. The average Bonchev–Trinajstić information content (AvgIpc) is 2.65. The normalized spacial score (nSPS) is 10.1. The first-order valence-corrected chi connectivity index (χ1v) is 7.99. The molecule has 3 rings (SSSR count). The summed E-state index contributed by atoms with van der Waals surface area (Å²) < 4.78 is 10.8. The summed E-state index contributed by atoms with van der Waals surface area (Å²) in [6.45, 7) is 0. The fourth-order valence-corrected chi connectivity index (χ4v) is 2.36. The van der Waals surface area contributed by atoms with E-state index in [0.29, 0.717) is 6.42 Å². The van der Waals surface area contributed by atoms with Gasteiger partial charge in [-0.3, -0.25) is 4.79 Å². The minimum atomic E-state index is -0.0677. The van der Waals surface area contributed by atoms with Crippen LogP contribution in [0.5, 0.6) is 17.2 Å². The maximum atomic E-state index is 12.1. The molecule has 4 nitrogen and oxygen atoms in total. The van der Waals surface area contributed by atoms with Gasteiger partial charge in [-0.1, -0.05) is 30.3 Å². The minimum Gasteiger partial charge on any atom is -0.497 e. The first-order chi connectivity index (χ1) is 12.2. The molecule has 0 aromatic heterocycles. The highest BCUT2D eigenvalue weighted by atomic mass is 16.5. The monoisotopic (exact) mass is 333 g/mol. The molecule has 0 saturated heterocycles. The highest BCUT2D eigenvalue weighted by molar-refractivity contribution is 5.92. The van der Waals surface area contributed by atoms with Crippen molar-refractivity contribution in [1.82, 2.24) is 0 Å². The molecule has 0 aliphatic heterocycles. The van der Waals surface area contributed by atoms with Crippen molar-refractivity contribution in [2.45, 2.75) is 6.42 Å². The number of hydrogen-bond donors (Lipinski definition) is 1. The van der Waals surface area contributed by atoms with Crippen LogP contribution < -0.4 is 14.8 Å². The largest absolute Gasteiger partial charge is 0.497 e. The van der Waals surface area contributed by atoms with Crippen molar-refractivity contribution >= 4 is 11.6 Å². The van der Waals surface area contributed by atoms with Crippen LogP contribution in [0.25, 0.3) is 0 Å². The molecule has 25 heavy (non-hydrogen) atoms. The van der Waals surface area contributed by atoms with E-state index in [1.807, 2.05) is 78.9 Å². The van der Waals surface area contributed by atoms with Crippen LogP contribution in [0, 0.1) is 0 Å². The zero-order valence-electron chi connectivity index (χ0n) is 13.9. The van der Waals surface area contributed by atoms with Crippen molar-refractivity contribution in [3.05, 3.63) is 84.4 Å². The van der Waals surface area contributed by atoms with E-state index in [0.717, 1.165) is 28.5 Å². The van der Waals surface area contributed by atoms with E-state index in [-0.39, 0.29) is 5.91 Å². The fraction of sp³-hybridized carbons (Fsp3) is 0.0952. The number of amides is 1. The van der Waals surface area contributed by atoms with E-state index < -0.39 is 0 Å². The summed E-state index contributed by atoms with van der Waals surface area (Å²) in [6.07, 6.45) is 0.312. The van der Waals surface area contributed by atoms with Crippen molar-refractivity contribution in [2.24, 2.45) is 0 Å². The van der Waals surface area contributed by atoms with Gasteiger partial charge in [0, 0.05) is 5.69 Å². The summed E-state index contributed by atoms with van der Waals surface area (Å²) in [4.78, 5) is 12.1. The second-order valence-electron chi connectivity index (χ2n) is 5.51. The number of rotatable bonds is 6. The second-order valence-corrected chi connectivity index (χ2v) is 5.51. The Bertz CT molecular complexity index is 812. The summed E-state index contributed by atoms with van der Waals surface area (Å²) in [5.74, 6) is 2.21. The van der Waals surface area contributed by atoms with Gasteiger partial charge in [0.1, 0.15) is 17.2 Å². The topological polar surface area (TPSA) is 47.6 Å². The van der Waals surface area contributed by atoms with Crippen LogP contribution in [0.15, 0.2) is 78.9 Å². The predicted octanol–water partition coefficient (Wildman–Crippen LogP) is 4.67. The fourth-order valence-electron chi connectivity index (χ4n) is 2.36. The molecule has 4 heteroatoms. The molecule has 3 aromatic carbocycles. The van der Waals surface area contributed by atoms with E-state index >= 15 is 0 Å². The number of nitrogens with one attached hydrogen (secondary N) is 1. The second kappa shape index (κ2) is 8.02. The summed E-state index contributed by atoms with van der Waals surface area (Å²) in [5, 5.41) is 2.88. The van der Waals surface area contributed by atoms with Crippen LogP contribution in [0.2, 0.25) is 0 Å². The van der Waals surface area contributed by atoms with Crippen molar-refractivity contribution < 1.29 is 14.3 Å². The highest BCUT2D eigenvalue weighted by Gasteiger charge is 2.05. The van der Waals surface area contributed by atoms with Crippen LogP contribution in [-0.2, 0) is 11.2 Å². The lowest BCUT2D eigenvalue weighted by Gasteiger charge is -2.08. The number of ether oxygens (including phenoxy) is 2. The zero-order valence-corrected chi connectivity index (χ0v) is 13.9. The Morgan fingerprint density at radius 2 is 1.40 bits per heavy atom. The Labute approximate surface area is 147 Å². The molecule has 0 heterocycles. The lowest BCUT2D eigenvalue weighted by atomic mass is 10.1. The predicted molar refractivity (Wildman–Crippen MR) is 98.3 cm³/mol. The summed E-state index contributed by atoms with van der Waals surface area (Å²) in [7, 11) is 1.62. The number of methoxy groups -OCH3 is 1. The van der Waals surface area contributed by atoms with Gasteiger partial charge in [0.25, 0.3) is 0 Å². The SMILES string of the molecule is COc1ccc(CC(=O)Nc2ccc(Oc3ccccc3)cc2)cc1. The van der Waals surface area contributed by atoms with Gasteiger partial charge >= 0.3 is 0 Å². The van der Waals surface area contributed by atoms with Crippen molar-refractivity contribution in [2.75, 3.05) is 12.4 Å². The standard InChI is InChI=1S/C21H19NO3/c1-24-18-11-7-16(8-12-18)15-21(23)22-17-9-13-20(14-10-17)25-19-5-3-2-4-6-19/h2-14H,15H2,1H3,(H,22,23). The van der Waals surface area contributed by atoms with Crippen LogP contribution in [0.4, 0.5) is 5.69 Å². The van der Waals surface area contributed by atoms with Crippen LogP contribution >= 0.6 is 0 Å². The number of anilines is 1. The molecular formula is C21H19NO3. The Balaban J connectivity index is 1.56. The maximum absolute atomic E-state index is 12.1. The zero-order chi connectivity index (χ0) is 17.5. The molecule has 126 valence electrons. The molecule has 0 radical (unpaired) electrons. The van der Waals surface area contributed by atoms with E-state index in [1.54, 1.807) is 7.11 Å². The van der Waals surface area contributed by atoms with Gasteiger partial charge < -0.3 is 14.8 Å². The summed E-state index contributed by atoms with van der Waals surface area (Å²) in [6, 6.07) is 24.3. The Hall–Kier alpha value is -3.27. The third kappa shape index (κ3) is 4.85. The molecule has 1 amide bonds. The van der Waals surface area contributed by atoms with Crippen LogP contribution in [0.3, 0.4) is 0 Å². The lowest BCUT2D eigenvalue weighted by molar-refractivity contribution is -0.115. The summed E-state index contributed by atoms with van der Waals surface area (Å²) >= 11 is 0. The summed E-state index contributed by atoms with van der Waals surface area (Å²) in [5.41, 5.74) is 1.67. The molecule has 0 atom stereocenters. The highest BCUT2D eigenvalue weighted by Crippen LogP contribution is 2.22. The van der Waals surface area contributed by atoms with Crippen molar-refractivity contribution in [1.29, 1.82) is 0 Å². The van der Waals surface area contributed by atoms with E-state index in [2.05, 4.69) is 5.32 Å². The Morgan fingerprint density at radius 3 is 2.04 bits per heavy atom. The van der Waals surface area contributed by atoms with Gasteiger partial charge in [-0.15, -0.1) is 0 Å². The maximum Gasteiger partial charge on any atom is 0.228 e. The van der Waals surface area contributed by atoms with Gasteiger partial charge in [0.05, 0.1) is 13.5 Å². The smallest absolute Gasteiger partial charge is 0.228 e. The molecule has 0 saturated carbocycles. The third-order valence-corrected chi connectivity index (χ3v) is 3.64. The lowest BCUT2D eigenvalue weighted by Crippen LogP contribution is -2.14. The van der Waals surface area contributed by atoms with Gasteiger partial charge in [-0.25, -0.2) is 0 Å². The van der Waals surface area contributed by atoms with E-state index in [1.165, 1.54) is 0 Å². The van der Waals surface area contributed by atoms with Gasteiger partial charge in [0.2, 0.25) is 5.91 Å². The van der Waals surface area contributed by atoms with E-state index in [4.69, 9.17) is 9.47 Å². The molecule has 0 bridgehead atoms. The molecule has 0 spiro atoms. The minimum absolute atomic E-state index is 0.0677. The van der Waals surface area contributed by atoms with Crippen molar-refractivity contribution in [3.63, 3.8) is 0 Å². The number of benzene rings is 3. The van der Waals surface area contributed by atoms with Crippen LogP contribution in [-0.4, -0.2) is 13.0 Å². The number of carbonyl (C=O) groups is 1. The van der Waals surface area contributed by atoms with Gasteiger partial charge in [-0.2, -0.15) is 0 Å². The Kier molecular flexibility index (Phi) is 5.32. The first kappa shape index (κ1) is 16.6. The molecule has 0 aliphatic rings. The number of para-hydroxylation sites is 1. The average molecular weight is 333 g/mol. The molecular weight excluding hydrogens is 314 g/mol. The number of carbonyl (C=O) groups excluding carboxylic acids is 1. The molecule has 0 aliphatic carbocycles. The quantitative estimate of drug-likeness (QED) is 0.713. The Morgan fingerprint density at radius 1 is 0.800 bits per heavy atom. The molecule has 0 fully saturated rings. The van der Waals surface area contributed by atoms with Crippen LogP contribution in [0.1, 0.15) is 5.56 Å². The first-order valence-electron chi connectivity index (χ1n) is 7.99. The van der Waals surface area contributed by atoms with Crippen molar-refractivity contribution in [3.8, 4) is 17.2 Å². The molecule has 1 N–H and O–H groups in total. The molecule has 3 aromatic rings. The van der Waals surface area contributed by atoms with E-state index in [9.17, 15) is 4.79 Å². The van der Waals surface area contributed by atoms with Gasteiger partial charge in [-0.05, 0) is 54.1 Å². The molecule has 0 unspecified atom stereocenters.